The molecule has 106 valence electrons. The van der Waals surface area contributed by atoms with Gasteiger partial charge >= 0.3 is 0 Å². The molecule has 4 aliphatic rings. The summed E-state index contributed by atoms with van der Waals surface area (Å²) in [6.07, 6.45) is 14.3. The minimum absolute atomic E-state index is 0.491. The zero-order chi connectivity index (χ0) is 13.1. The Hall–Kier alpha value is -0.460. The maximum atomic E-state index is 3.72. The molecule has 1 saturated heterocycles. The lowest BCUT2D eigenvalue weighted by molar-refractivity contribution is -0.0262. The molecule has 0 bridgehead atoms. The van der Waals surface area contributed by atoms with Crippen LogP contribution >= 0.6 is 0 Å². The van der Waals surface area contributed by atoms with E-state index in [1.807, 2.05) is 0 Å². The van der Waals surface area contributed by atoms with Crippen molar-refractivity contribution in [2.75, 3.05) is 6.54 Å². The van der Waals surface area contributed by atoms with Gasteiger partial charge in [0.2, 0.25) is 0 Å². The third kappa shape index (κ3) is 1.59. The summed E-state index contributed by atoms with van der Waals surface area (Å²) in [6, 6.07) is 0. The molecule has 5 atom stereocenters. The Balaban J connectivity index is 1.70. The number of piperidine rings is 1. The summed E-state index contributed by atoms with van der Waals surface area (Å²) in [6.45, 7) is 6.38. The van der Waals surface area contributed by atoms with E-state index in [-0.39, 0.29) is 0 Å². The van der Waals surface area contributed by atoms with Crippen LogP contribution in [-0.4, -0.2) is 6.54 Å². The molecule has 19 heavy (non-hydrogen) atoms. The van der Waals surface area contributed by atoms with E-state index < -0.39 is 0 Å². The van der Waals surface area contributed by atoms with Crippen molar-refractivity contribution < 1.29 is 0 Å². The predicted octanol–water partition coefficient (Wildman–Crippen LogP) is 4.50. The van der Waals surface area contributed by atoms with Crippen LogP contribution in [0.15, 0.2) is 11.8 Å². The summed E-state index contributed by atoms with van der Waals surface area (Å²) in [7, 11) is 0. The molecule has 3 fully saturated rings. The lowest BCUT2D eigenvalue weighted by atomic mass is 9.50. The molecule has 1 aliphatic heterocycles. The Morgan fingerprint density at radius 3 is 2.84 bits per heavy atom. The number of hydrogen-bond acceptors (Lipinski definition) is 1. The van der Waals surface area contributed by atoms with Gasteiger partial charge in [0.15, 0.2) is 0 Å². The highest BCUT2D eigenvalue weighted by molar-refractivity contribution is 5.22. The van der Waals surface area contributed by atoms with Crippen LogP contribution in [0.3, 0.4) is 0 Å². The summed E-state index contributed by atoms with van der Waals surface area (Å²) in [5.41, 5.74) is 2.80. The summed E-state index contributed by atoms with van der Waals surface area (Å²) in [5, 5.41) is 3.72. The molecule has 0 unspecified atom stereocenters. The average Bonchev–Trinajstić information content (AvgIpc) is 2.79. The predicted molar refractivity (Wildman–Crippen MR) is 79.7 cm³/mol. The van der Waals surface area contributed by atoms with Crippen LogP contribution in [0.5, 0.6) is 0 Å². The smallest absolute Gasteiger partial charge is 0.0144 e. The van der Waals surface area contributed by atoms with Gasteiger partial charge in [-0.1, -0.05) is 26.3 Å². The zero-order valence-electron chi connectivity index (χ0n) is 12.7. The Morgan fingerprint density at radius 2 is 1.95 bits per heavy atom. The van der Waals surface area contributed by atoms with Crippen LogP contribution in [0, 0.1) is 28.6 Å². The second-order valence-electron chi connectivity index (χ2n) is 8.26. The number of fused-ring (bicyclic) bond motifs is 5. The molecule has 0 radical (unpaired) electrons. The van der Waals surface area contributed by atoms with Crippen molar-refractivity contribution in [1.29, 1.82) is 0 Å². The van der Waals surface area contributed by atoms with Crippen molar-refractivity contribution >= 4 is 0 Å². The highest BCUT2D eigenvalue weighted by Crippen LogP contribution is 2.63. The van der Waals surface area contributed by atoms with Gasteiger partial charge in [-0.05, 0) is 68.1 Å². The normalized spacial score (nSPS) is 52.5. The van der Waals surface area contributed by atoms with E-state index in [9.17, 15) is 0 Å². The maximum absolute atomic E-state index is 3.72. The number of hydrogen-bond donors (Lipinski definition) is 1. The molecule has 0 aromatic heterocycles. The second-order valence-corrected chi connectivity index (χ2v) is 8.26. The number of allylic oxidation sites excluding steroid dienone is 2. The van der Waals surface area contributed by atoms with Crippen LogP contribution in [0.1, 0.15) is 65.2 Å². The first kappa shape index (κ1) is 12.3. The fourth-order valence-corrected chi connectivity index (χ4v) is 6.36. The molecule has 0 aromatic carbocycles. The Kier molecular flexibility index (Phi) is 2.60. The first-order chi connectivity index (χ1) is 9.13. The minimum atomic E-state index is 0.491. The van der Waals surface area contributed by atoms with E-state index in [2.05, 4.69) is 25.2 Å². The molecular formula is C18H29N. The zero-order valence-corrected chi connectivity index (χ0v) is 12.7. The van der Waals surface area contributed by atoms with E-state index in [4.69, 9.17) is 0 Å². The molecular weight excluding hydrogens is 230 g/mol. The van der Waals surface area contributed by atoms with Crippen LogP contribution in [0.4, 0.5) is 0 Å². The van der Waals surface area contributed by atoms with Crippen LogP contribution in [0.25, 0.3) is 0 Å². The average molecular weight is 259 g/mol. The molecule has 0 amide bonds. The van der Waals surface area contributed by atoms with Gasteiger partial charge in [0.05, 0.1) is 0 Å². The summed E-state index contributed by atoms with van der Waals surface area (Å²) in [5.74, 6) is 2.99. The maximum Gasteiger partial charge on any atom is 0.0144 e. The van der Waals surface area contributed by atoms with Crippen molar-refractivity contribution in [3.63, 3.8) is 0 Å². The van der Waals surface area contributed by atoms with Gasteiger partial charge in [-0.2, -0.15) is 0 Å². The highest BCUT2D eigenvalue weighted by atomic mass is 14.9. The van der Waals surface area contributed by atoms with E-state index in [0.29, 0.717) is 10.8 Å². The summed E-state index contributed by atoms with van der Waals surface area (Å²) in [4.78, 5) is 0. The first-order valence-corrected chi connectivity index (χ1v) is 8.58. The van der Waals surface area contributed by atoms with E-state index in [0.717, 1.165) is 17.8 Å². The molecule has 1 nitrogen and oxygen atoms in total. The van der Waals surface area contributed by atoms with Gasteiger partial charge in [0.1, 0.15) is 0 Å². The topological polar surface area (TPSA) is 12.0 Å². The Labute approximate surface area is 118 Å². The molecule has 1 N–H and O–H groups in total. The molecule has 4 rings (SSSR count). The Morgan fingerprint density at radius 1 is 1.05 bits per heavy atom. The highest BCUT2D eigenvalue weighted by Gasteiger charge is 2.55. The monoisotopic (exact) mass is 259 g/mol. The van der Waals surface area contributed by atoms with Crippen LogP contribution < -0.4 is 5.32 Å². The lowest BCUT2D eigenvalue weighted by Gasteiger charge is -2.56. The quantitative estimate of drug-likeness (QED) is 0.675. The van der Waals surface area contributed by atoms with Crippen molar-refractivity contribution in [2.24, 2.45) is 28.6 Å². The van der Waals surface area contributed by atoms with Gasteiger partial charge in [0.25, 0.3) is 0 Å². The molecule has 1 heteroatoms. The molecule has 1 heterocycles. The SMILES string of the molecule is C[C@@]12CCC[C@H]1[C@@H]1CC=C3NCCC[C@]3(C)[C@H]1CC2. The fourth-order valence-electron chi connectivity index (χ4n) is 6.36. The first-order valence-electron chi connectivity index (χ1n) is 8.58. The second kappa shape index (κ2) is 4.02. The Bertz CT molecular complexity index is 412. The molecule has 0 spiro atoms. The third-order valence-corrected chi connectivity index (χ3v) is 7.43. The van der Waals surface area contributed by atoms with E-state index >= 15 is 0 Å². The number of rotatable bonds is 0. The van der Waals surface area contributed by atoms with Crippen molar-refractivity contribution in [2.45, 2.75) is 65.2 Å². The number of nitrogens with one attached hydrogen (secondary N) is 1. The van der Waals surface area contributed by atoms with Gasteiger partial charge in [-0.15, -0.1) is 0 Å². The molecule has 3 aliphatic carbocycles. The van der Waals surface area contributed by atoms with Crippen LogP contribution in [0.2, 0.25) is 0 Å². The van der Waals surface area contributed by atoms with Gasteiger partial charge in [-0.25, -0.2) is 0 Å². The van der Waals surface area contributed by atoms with E-state index in [1.54, 1.807) is 5.70 Å². The summed E-state index contributed by atoms with van der Waals surface area (Å²) >= 11 is 0. The van der Waals surface area contributed by atoms with Gasteiger partial charge in [0, 0.05) is 17.7 Å². The third-order valence-electron chi connectivity index (χ3n) is 7.43. The van der Waals surface area contributed by atoms with Gasteiger partial charge < -0.3 is 5.32 Å². The van der Waals surface area contributed by atoms with Crippen molar-refractivity contribution in [3.8, 4) is 0 Å². The molecule has 0 aromatic rings. The minimum Gasteiger partial charge on any atom is -0.388 e. The standard InChI is InChI=1S/C18H29N/c1-17-9-3-5-14(17)13-6-7-16-18(2,10-4-12-19-16)15(13)8-11-17/h7,13-15,19H,3-6,8-12H2,1-2H3/t13-,14-,15-,17-,18+/m0/s1. The lowest BCUT2D eigenvalue weighted by Crippen LogP contribution is -2.51. The summed E-state index contributed by atoms with van der Waals surface area (Å²) < 4.78 is 0. The van der Waals surface area contributed by atoms with E-state index in [1.165, 1.54) is 57.9 Å². The molecule has 2 saturated carbocycles. The largest absolute Gasteiger partial charge is 0.388 e. The fraction of sp³-hybridized carbons (Fsp3) is 0.889. The van der Waals surface area contributed by atoms with Gasteiger partial charge in [-0.3, -0.25) is 0 Å². The van der Waals surface area contributed by atoms with Crippen molar-refractivity contribution in [3.05, 3.63) is 11.8 Å². The van der Waals surface area contributed by atoms with Crippen LogP contribution in [-0.2, 0) is 0 Å². The van der Waals surface area contributed by atoms with Crippen molar-refractivity contribution in [1.82, 2.24) is 5.32 Å².